The number of imidazole rings is 1. The SMILES string of the molecule is FCc1[c]n[c]n1CC(F)(F)F. The lowest BCUT2D eigenvalue weighted by atomic mass is 10.5. The lowest BCUT2D eigenvalue weighted by Gasteiger charge is -2.07. The topological polar surface area (TPSA) is 17.8 Å². The average molecular weight is 180 g/mol. The van der Waals surface area contributed by atoms with Crippen LogP contribution in [0.5, 0.6) is 0 Å². The largest absolute Gasteiger partial charge is 0.406 e. The van der Waals surface area contributed by atoms with Gasteiger partial charge in [-0.3, -0.25) is 0 Å². The van der Waals surface area contributed by atoms with Crippen molar-refractivity contribution < 1.29 is 17.6 Å². The van der Waals surface area contributed by atoms with Gasteiger partial charge in [0.2, 0.25) is 0 Å². The highest BCUT2D eigenvalue weighted by Crippen LogP contribution is 2.18. The summed E-state index contributed by atoms with van der Waals surface area (Å²) in [5.74, 6) is 0. The number of hydrogen-bond acceptors (Lipinski definition) is 1. The first kappa shape index (κ1) is 9.02. The highest BCUT2D eigenvalue weighted by atomic mass is 19.4. The van der Waals surface area contributed by atoms with Crippen molar-refractivity contribution in [3.63, 3.8) is 0 Å². The van der Waals surface area contributed by atoms with E-state index in [1.54, 1.807) is 0 Å². The summed E-state index contributed by atoms with van der Waals surface area (Å²) >= 11 is 0. The van der Waals surface area contributed by atoms with E-state index in [4.69, 9.17) is 0 Å². The van der Waals surface area contributed by atoms with Crippen molar-refractivity contribution in [3.8, 4) is 0 Å². The van der Waals surface area contributed by atoms with Gasteiger partial charge in [-0.15, -0.1) is 0 Å². The molecule has 0 spiro atoms. The number of rotatable bonds is 2. The normalized spacial score (nSPS) is 12.0. The van der Waals surface area contributed by atoms with Crippen LogP contribution in [0.25, 0.3) is 0 Å². The molecule has 1 aromatic rings. The fraction of sp³-hybridized carbons (Fsp3) is 0.500. The van der Waals surface area contributed by atoms with E-state index in [0.29, 0.717) is 4.57 Å². The quantitative estimate of drug-likeness (QED) is 0.631. The van der Waals surface area contributed by atoms with Gasteiger partial charge < -0.3 is 4.57 Å². The molecule has 0 N–H and O–H groups in total. The van der Waals surface area contributed by atoms with Crippen LogP contribution in [-0.2, 0) is 13.2 Å². The molecule has 0 saturated heterocycles. The first-order valence-corrected chi connectivity index (χ1v) is 3.00. The van der Waals surface area contributed by atoms with E-state index >= 15 is 0 Å². The molecule has 0 saturated carbocycles. The summed E-state index contributed by atoms with van der Waals surface area (Å²) in [6.45, 7) is -2.30. The zero-order chi connectivity index (χ0) is 9.19. The number of nitrogens with zero attached hydrogens (tertiary/aromatic N) is 2. The minimum atomic E-state index is -4.38. The highest BCUT2D eigenvalue weighted by Gasteiger charge is 2.28. The molecular weight excluding hydrogens is 176 g/mol. The molecule has 1 heterocycles. The second-order valence-corrected chi connectivity index (χ2v) is 2.11. The fourth-order valence-electron chi connectivity index (χ4n) is 0.683. The molecule has 0 fully saturated rings. The third kappa shape index (κ3) is 2.21. The Hall–Kier alpha value is -1.07. The highest BCUT2D eigenvalue weighted by molar-refractivity contribution is 4.93. The zero-order valence-corrected chi connectivity index (χ0v) is 5.82. The predicted molar refractivity (Wildman–Crippen MR) is 30.8 cm³/mol. The van der Waals surface area contributed by atoms with E-state index in [1.807, 2.05) is 6.33 Å². The van der Waals surface area contributed by atoms with Crippen LogP contribution in [0, 0.1) is 12.5 Å². The summed E-state index contributed by atoms with van der Waals surface area (Å²) in [6, 6.07) is 0. The van der Waals surface area contributed by atoms with Gasteiger partial charge in [-0.05, 0) is 0 Å². The van der Waals surface area contributed by atoms with E-state index in [2.05, 4.69) is 11.2 Å². The molecule has 66 valence electrons. The first-order chi connectivity index (χ1) is 5.53. The van der Waals surface area contributed by atoms with Gasteiger partial charge in [0.15, 0.2) is 6.33 Å². The number of aromatic nitrogens is 2. The Kier molecular flexibility index (Phi) is 2.35. The molecule has 0 bridgehead atoms. The molecule has 2 radical (unpaired) electrons. The fourth-order valence-corrected chi connectivity index (χ4v) is 0.683. The van der Waals surface area contributed by atoms with Crippen LogP contribution in [0.1, 0.15) is 5.69 Å². The van der Waals surface area contributed by atoms with Gasteiger partial charge in [-0.2, -0.15) is 13.2 Å². The van der Waals surface area contributed by atoms with Crippen molar-refractivity contribution in [1.82, 2.24) is 9.55 Å². The molecule has 0 amide bonds. The first-order valence-electron chi connectivity index (χ1n) is 3.00. The number of alkyl halides is 4. The van der Waals surface area contributed by atoms with E-state index in [1.165, 1.54) is 0 Å². The van der Waals surface area contributed by atoms with Crippen LogP contribution < -0.4 is 0 Å². The van der Waals surface area contributed by atoms with Gasteiger partial charge in [-0.1, -0.05) is 0 Å². The molecule has 2 nitrogen and oxygen atoms in total. The van der Waals surface area contributed by atoms with Gasteiger partial charge in [0, 0.05) is 0 Å². The van der Waals surface area contributed by atoms with E-state index in [-0.39, 0.29) is 5.69 Å². The number of halogens is 4. The summed E-state index contributed by atoms with van der Waals surface area (Å²) in [5.41, 5.74) is -0.243. The van der Waals surface area contributed by atoms with Crippen LogP contribution in [0.3, 0.4) is 0 Å². The predicted octanol–water partition coefficient (Wildman–Crippen LogP) is 1.52. The van der Waals surface area contributed by atoms with Gasteiger partial charge >= 0.3 is 6.18 Å². The average Bonchev–Trinajstić information content (AvgIpc) is 2.31. The van der Waals surface area contributed by atoms with Crippen molar-refractivity contribution in [2.45, 2.75) is 19.4 Å². The summed E-state index contributed by atoms with van der Waals surface area (Å²) in [5, 5.41) is 0. The molecule has 0 aromatic carbocycles. The molecular formula is C6H4F4N2. The zero-order valence-electron chi connectivity index (χ0n) is 5.82. The van der Waals surface area contributed by atoms with E-state index < -0.39 is 19.4 Å². The Morgan fingerprint density at radius 2 is 2.08 bits per heavy atom. The molecule has 0 unspecified atom stereocenters. The Bertz CT molecular complexity index is 252. The van der Waals surface area contributed by atoms with E-state index in [0.717, 1.165) is 0 Å². The molecule has 0 atom stereocenters. The van der Waals surface area contributed by atoms with Gasteiger partial charge in [0.05, 0.1) is 5.69 Å². The van der Waals surface area contributed by atoms with Crippen molar-refractivity contribution in [2.24, 2.45) is 0 Å². The van der Waals surface area contributed by atoms with Crippen LogP contribution in [0.2, 0.25) is 0 Å². The maximum absolute atomic E-state index is 11.9. The van der Waals surface area contributed by atoms with Gasteiger partial charge in [0.1, 0.15) is 19.4 Å². The third-order valence-electron chi connectivity index (χ3n) is 1.15. The van der Waals surface area contributed by atoms with Gasteiger partial charge in [0.25, 0.3) is 0 Å². The maximum Gasteiger partial charge on any atom is 0.406 e. The van der Waals surface area contributed by atoms with E-state index in [9.17, 15) is 17.6 Å². The lowest BCUT2D eigenvalue weighted by molar-refractivity contribution is -0.141. The minimum absolute atomic E-state index is 0.243. The molecule has 0 aliphatic heterocycles. The monoisotopic (exact) mass is 180 g/mol. The lowest BCUT2D eigenvalue weighted by Crippen LogP contribution is -2.18. The van der Waals surface area contributed by atoms with Crippen molar-refractivity contribution >= 4 is 0 Å². The molecule has 0 aliphatic carbocycles. The van der Waals surface area contributed by atoms with Crippen molar-refractivity contribution in [2.75, 3.05) is 0 Å². The van der Waals surface area contributed by atoms with Crippen LogP contribution in [0.15, 0.2) is 0 Å². The van der Waals surface area contributed by atoms with Crippen molar-refractivity contribution in [3.05, 3.63) is 18.2 Å². The molecule has 6 heteroatoms. The van der Waals surface area contributed by atoms with Crippen LogP contribution in [-0.4, -0.2) is 15.7 Å². The van der Waals surface area contributed by atoms with Gasteiger partial charge in [-0.25, -0.2) is 9.37 Å². The Labute approximate surface area is 65.8 Å². The Morgan fingerprint density at radius 3 is 2.58 bits per heavy atom. The minimum Gasteiger partial charge on any atom is -0.313 e. The molecule has 0 aliphatic rings. The molecule has 12 heavy (non-hydrogen) atoms. The van der Waals surface area contributed by atoms with Crippen LogP contribution >= 0.6 is 0 Å². The Morgan fingerprint density at radius 1 is 1.42 bits per heavy atom. The van der Waals surface area contributed by atoms with Crippen molar-refractivity contribution in [1.29, 1.82) is 0 Å². The van der Waals surface area contributed by atoms with Crippen LogP contribution in [0.4, 0.5) is 17.6 Å². The second-order valence-electron chi connectivity index (χ2n) is 2.11. The second kappa shape index (κ2) is 3.12. The maximum atomic E-state index is 11.9. The molecule has 1 aromatic heterocycles. The summed E-state index contributed by atoms with van der Waals surface area (Å²) in [4.78, 5) is 3.15. The molecule has 1 rings (SSSR count). The summed E-state index contributed by atoms with van der Waals surface area (Å²) in [7, 11) is 0. The number of hydrogen-bond donors (Lipinski definition) is 0. The summed E-state index contributed by atoms with van der Waals surface area (Å²) in [6.07, 6.45) is -0.355. The summed E-state index contributed by atoms with van der Waals surface area (Å²) < 4.78 is 47.7. The Balaban J connectivity index is 2.75. The smallest absolute Gasteiger partial charge is 0.313 e. The standard InChI is InChI=1S/C6H4F4N2/c7-1-5-2-11-4-12(5)3-6(8,9)10/h1,3H2. The third-order valence-corrected chi connectivity index (χ3v) is 1.15.